The fraction of sp³-hybridized carbons (Fsp3) is 0.0625. The van der Waals surface area contributed by atoms with Crippen LogP contribution in [0.3, 0.4) is 0 Å². The molecule has 23 heavy (non-hydrogen) atoms. The quantitative estimate of drug-likeness (QED) is 0.548. The van der Waals surface area contributed by atoms with Crippen molar-refractivity contribution < 1.29 is 0 Å². The molecular weight excluding hydrogens is 350 g/mol. The van der Waals surface area contributed by atoms with Crippen molar-refractivity contribution in [3.05, 3.63) is 68.5 Å². The second-order valence-corrected chi connectivity index (χ2v) is 7.20. The number of aromatic nitrogens is 3. The minimum absolute atomic E-state index is 0.108. The minimum atomic E-state index is -0.108. The van der Waals surface area contributed by atoms with Crippen LogP contribution in [0.2, 0.25) is 5.02 Å². The van der Waals surface area contributed by atoms with Gasteiger partial charge in [-0.1, -0.05) is 17.7 Å². The summed E-state index contributed by atoms with van der Waals surface area (Å²) in [6, 6.07) is 9.18. The van der Waals surface area contributed by atoms with E-state index in [2.05, 4.69) is 9.97 Å². The number of halogens is 1. The second kappa shape index (κ2) is 5.88. The van der Waals surface area contributed by atoms with Gasteiger partial charge >= 0.3 is 0 Å². The van der Waals surface area contributed by atoms with E-state index in [0.29, 0.717) is 22.5 Å². The Morgan fingerprint density at radius 2 is 2.13 bits per heavy atom. The van der Waals surface area contributed by atoms with Crippen molar-refractivity contribution in [3.63, 3.8) is 0 Å². The Labute approximate surface area is 144 Å². The Balaban J connectivity index is 1.70. The first-order valence-corrected chi connectivity index (χ1v) is 8.97. The van der Waals surface area contributed by atoms with Gasteiger partial charge in [0.15, 0.2) is 0 Å². The van der Waals surface area contributed by atoms with Gasteiger partial charge in [-0.25, -0.2) is 9.97 Å². The Morgan fingerprint density at radius 1 is 1.22 bits per heavy atom. The van der Waals surface area contributed by atoms with Crippen LogP contribution in [0.4, 0.5) is 0 Å². The largest absolute Gasteiger partial charge is 0.293 e. The normalized spacial score (nSPS) is 11.2. The Morgan fingerprint density at radius 3 is 2.96 bits per heavy atom. The van der Waals surface area contributed by atoms with Crippen LogP contribution < -0.4 is 5.56 Å². The molecule has 1 aromatic carbocycles. The highest BCUT2D eigenvalue weighted by atomic mass is 35.5. The monoisotopic (exact) mass is 359 g/mol. The van der Waals surface area contributed by atoms with Crippen LogP contribution in [-0.2, 0) is 6.54 Å². The van der Waals surface area contributed by atoms with Gasteiger partial charge in [0, 0.05) is 10.4 Å². The van der Waals surface area contributed by atoms with Crippen LogP contribution in [0.1, 0.15) is 5.69 Å². The molecular formula is C16H10ClN3OS2. The van der Waals surface area contributed by atoms with E-state index >= 15 is 0 Å². The van der Waals surface area contributed by atoms with Crippen LogP contribution in [-0.4, -0.2) is 14.5 Å². The van der Waals surface area contributed by atoms with Gasteiger partial charge in [0.2, 0.25) is 0 Å². The molecule has 0 bridgehead atoms. The molecule has 0 spiro atoms. The van der Waals surface area contributed by atoms with Crippen molar-refractivity contribution in [2.75, 3.05) is 0 Å². The van der Waals surface area contributed by atoms with Crippen molar-refractivity contribution in [1.29, 1.82) is 0 Å². The molecule has 0 amide bonds. The molecule has 3 aromatic heterocycles. The molecule has 0 aliphatic rings. The smallest absolute Gasteiger partial charge is 0.261 e. The zero-order chi connectivity index (χ0) is 15.8. The van der Waals surface area contributed by atoms with Crippen LogP contribution in [0, 0.1) is 0 Å². The first-order valence-electron chi connectivity index (χ1n) is 6.84. The minimum Gasteiger partial charge on any atom is -0.293 e. The Kier molecular flexibility index (Phi) is 3.72. The van der Waals surface area contributed by atoms with E-state index in [1.807, 2.05) is 22.9 Å². The summed E-state index contributed by atoms with van der Waals surface area (Å²) in [4.78, 5) is 22.6. The van der Waals surface area contributed by atoms with Gasteiger partial charge in [0.1, 0.15) is 5.01 Å². The van der Waals surface area contributed by atoms with Crippen LogP contribution in [0.25, 0.3) is 20.8 Å². The number of nitrogens with zero attached hydrogens (tertiary/aromatic N) is 3. The highest BCUT2D eigenvalue weighted by molar-refractivity contribution is 7.20. The molecule has 4 rings (SSSR count). The van der Waals surface area contributed by atoms with Crippen molar-refractivity contribution in [3.8, 4) is 9.88 Å². The summed E-state index contributed by atoms with van der Waals surface area (Å²) in [5.41, 5.74) is 1.39. The lowest BCUT2D eigenvalue weighted by molar-refractivity contribution is 0.734. The molecule has 0 aliphatic carbocycles. The molecule has 114 valence electrons. The van der Waals surface area contributed by atoms with Gasteiger partial charge in [-0.15, -0.1) is 22.7 Å². The van der Waals surface area contributed by atoms with E-state index < -0.39 is 0 Å². The maximum Gasteiger partial charge on any atom is 0.261 e. The van der Waals surface area contributed by atoms with Gasteiger partial charge in [0.05, 0.1) is 34.3 Å². The van der Waals surface area contributed by atoms with E-state index in [4.69, 9.17) is 11.6 Å². The number of hydrogen-bond acceptors (Lipinski definition) is 5. The zero-order valence-electron chi connectivity index (χ0n) is 11.8. The van der Waals surface area contributed by atoms with Gasteiger partial charge in [-0.2, -0.15) is 0 Å². The summed E-state index contributed by atoms with van der Waals surface area (Å²) in [6.45, 7) is 0.399. The summed E-state index contributed by atoms with van der Waals surface area (Å²) >= 11 is 9.21. The lowest BCUT2D eigenvalue weighted by Crippen LogP contribution is -2.21. The molecule has 0 N–H and O–H groups in total. The standard InChI is InChI=1S/C16H10ClN3OS2/c17-10-3-4-13-12(6-10)16(21)20(9-18-13)7-11-8-23-15(19-11)14-2-1-5-22-14/h1-6,8-9H,7H2. The summed E-state index contributed by atoms with van der Waals surface area (Å²) in [5.74, 6) is 0. The first kappa shape index (κ1) is 14.6. The van der Waals surface area contributed by atoms with Crippen molar-refractivity contribution >= 4 is 45.2 Å². The summed E-state index contributed by atoms with van der Waals surface area (Å²) < 4.78 is 1.56. The fourth-order valence-corrected chi connectivity index (χ4v) is 4.11. The SMILES string of the molecule is O=c1c2cc(Cl)ccc2ncn1Cc1csc(-c2cccs2)n1. The van der Waals surface area contributed by atoms with Crippen LogP contribution in [0.15, 0.2) is 52.2 Å². The van der Waals surface area contributed by atoms with Crippen LogP contribution in [0.5, 0.6) is 0 Å². The van der Waals surface area contributed by atoms with E-state index in [1.165, 1.54) is 0 Å². The molecule has 0 atom stereocenters. The average Bonchev–Trinajstić information content (AvgIpc) is 3.22. The molecule has 0 saturated carbocycles. The van der Waals surface area contributed by atoms with Crippen molar-refractivity contribution in [1.82, 2.24) is 14.5 Å². The average molecular weight is 360 g/mol. The van der Waals surface area contributed by atoms with Gasteiger partial charge in [-0.05, 0) is 29.6 Å². The van der Waals surface area contributed by atoms with E-state index in [-0.39, 0.29) is 5.56 Å². The molecule has 0 fully saturated rings. The predicted octanol–water partition coefficient (Wildman–Crippen LogP) is 4.28. The number of rotatable bonds is 3. The number of hydrogen-bond donors (Lipinski definition) is 0. The van der Waals surface area contributed by atoms with Gasteiger partial charge in [-0.3, -0.25) is 9.36 Å². The summed E-state index contributed by atoms with van der Waals surface area (Å²) in [7, 11) is 0. The predicted molar refractivity (Wildman–Crippen MR) is 95.5 cm³/mol. The Hall–Kier alpha value is -2.02. The topological polar surface area (TPSA) is 47.8 Å². The van der Waals surface area contributed by atoms with E-state index in [0.717, 1.165) is 15.6 Å². The lowest BCUT2D eigenvalue weighted by atomic mass is 10.2. The van der Waals surface area contributed by atoms with Crippen LogP contribution >= 0.6 is 34.3 Å². The summed E-state index contributed by atoms with van der Waals surface area (Å²) in [5, 5.41) is 6.03. The first-order chi connectivity index (χ1) is 11.2. The highest BCUT2D eigenvalue weighted by Gasteiger charge is 2.09. The third-order valence-corrected chi connectivity index (χ3v) is 5.57. The number of thiazole rings is 1. The van der Waals surface area contributed by atoms with Crippen molar-refractivity contribution in [2.45, 2.75) is 6.54 Å². The molecule has 0 saturated heterocycles. The van der Waals surface area contributed by atoms with Gasteiger partial charge < -0.3 is 0 Å². The molecule has 7 heteroatoms. The van der Waals surface area contributed by atoms with Crippen molar-refractivity contribution in [2.24, 2.45) is 0 Å². The third-order valence-electron chi connectivity index (χ3n) is 3.40. The maximum atomic E-state index is 12.6. The molecule has 3 heterocycles. The molecule has 4 aromatic rings. The highest BCUT2D eigenvalue weighted by Crippen LogP contribution is 2.27. The Bertz CT molecular complexity index is 1040. The number of fused-ring (bicyclic) bond motifs is 1. The number of thiophene rings is 1. The maximum absolute atomic E-state index is 12.6. The second-order valence-electron chi connectivity index (χ2n) is 4.96. The van der Waals surface area contributed by atoms with E-state index in [9.17, 15) is 4.79 Å². The third kappa shape index (κ3) is 2.81. The zero-order valence-corrected chi connectivity index (χ0v) is 14.2. The van der Waals surface area contributed by atoms with E-state index in [1.54, 1.807) is 51.8 Å². The fourth-order valence-electron chi connectivity index (χ4n) is 2.31. The summed E-state index contributed by atoms with van der Waals surface area (Å²) in [6.07, 6.45) is 1.56. The lowest BCUT2D eigenvalue weighted by Gasteiger charge is -2.05. The molecule has 0 radical (unpaired) electrons. The number of benzene rings is 1. The molecule has 4 nitrogen and oxygen atoms in total. The molecule has 0 unspecified atom stereocenters. The molecule has 0 aliphatic heterocycles. The van der Waals surface area contributed by atoms with Gasteiger partial charge in [0.25, 0.3) is 5.56 Å².